The predicted molar refractivity (Wildman–Crippen MR) is 135 cm³/mol. The van der Waals surface area contributed by atoms with Gasteiger partial charge >= 0.3 is 0 Å². The Labute approximate surface area is 206 Å². The Kier molecular flexibility index (Phi) is 7.63. The maximum atomic E-state index is 12.1. The van der Waals surface area contributed by atoms with Gasteiger partial charge in [-0.3, -0.25) is 4.90 Å². The zero-order chi connectivity index (χ0) is 24.8. The summed E-state index contributed by atoms with van der Waals surface area (Å²) in [5.41, 5.74) is -0.119. The van der Waals surface area contributed by atoms with Crippen LogP contribution in [0.1, 0.15) is 47.5 Å². The summed E-state index contributed by atoms with van der Waals surface area (Å²) in [5, 5.41) is 12.1. The maximum Gasteiger partial charge on any atom is 0.173 e. The fraction of sp³-hybridized carbons (Fsp3) is 0.310. The van der Waals surface area contributed by atoms with Crippen molar-refractivity contribution in [1.29, 1.82) is 0 Å². The standard InChI is InChI=1S/C29H33NO5/c1-5-18-30(19-26-11-6-21(2)34-26)20-27-16-17-28(35-27)29(31,22-7-12-24(32-3)13-8-22)23-9-14-25(33-4)15-10-23/h6-17,31H,5,18-20H2,1-4H3. The Hall–Kier alpha value is -3.48. The first-order chi connectivity index (χ1) is 17.0. The monoisotopic (exact) mass is 475 g/mol. The molecule has 6 nitrogen and oxygen atoms in total. The first-order valence-corrected chi connectivity index (χ1v) is 11.8. The Morgan fingerprint density at radius 1 is 0.743 bits per heavy atom. The number of hydrogen-bond acceptors (Lipinski definition) is 6. The number of methoxy groups -OCH3 is 2. The Morgan fingerprint density at radius 2 is 1.26 bits per heavy atom. The van der Waals surface area contributed by atoms with Crippen LogP contribution in [0.25, 0.3) is 0 Å². The minimum Gasteiger partial charge on any atom is -0.497 e. The van der Waals surface area contributed by atoms with Crippen LogP contribution in [0.3, 0.4) is 0 Å². The van der Waals surface area contributed by atoms with E-state index in [0.717, 1.165) is 30.2 Å². The van der Waals surface area contributed by atoms with Gasteiger partial charge in [0.25, 0.3) is 0 Å². The second-order valence-corrected chi connectivity index (χ2v) is 8.66. The summed E-state index contributed by atoms with van der Waals surface area (Å²) in [6.07, 6.45) is 1.01. The average molecular weight is 476 g/mol. The molecule has 184 valence electrons. The number of aliphatic hydroxyl groups is 1. The van der Waals surface area contributed by atoms with Crippen molar-refractivity contribution >= 4 is 0 Å². The Morgan fingerprint density at radius 3 is 1.71 bits per heavy atom. The van der Waals surface area contributed by atoms with Crippen LogP contribution < -0.4 is 9.47 Å². The minimum atomic E-state index is -1.48. The molecule has 0 spiro atoms. The number of furan rings is 2. The van der Waals surface area contributed by atoms with E-state index in [9.17, 15) is 5.11 Å². The van der Waals surface area contributed by atoms with Crippen molar-refractivity contribution in [3.63, 3.8) is 0 Å². The van der Waals surface area contributed by atoms with Crippen LogP contribution in [0.2, 0.25) is 0 Å². The van der Waals surface area contributed by atoms with Crippen LogP contribution in [-0.4, -0.2) is 30.8 Å². The zero-order valence-corrected chi connectivity index (χ0v) is 20.8. The molecule has 0 aliphatic heterocycles. The fourth-order valence-corrected chi connectivity index (χ4v) is 4.31. The maximum absolute atomic E-state index is 12.1. The van der Waals surface area contributed by atoms with E-state index in [-0.39, 0.29) is 0 Å². The molecule has 0 saturated heterocycles. The van der Waals surface area contributed by atoms with Crippen LogP contribution in [0, 0.1) is 6.92 Å². The summed E-state index contributed by atoms with van der Waals surface area (Å²) in [4.78, 5) is 2.28. The van der Waals surface area contributed by atoms with Gasteiger partial charge in [-0.2, -0.15) is 0 Å². The van der Waals surface area contributed by atoms with Crippen LogP contribution in [0.5, 0.6) is 11.5 Å². The molecule has 0 amide bonds. The zero-order valence-electron chi connectivity index (χ0n) is 20.8. The molecule has 0 fully saturated rings. The molecule has 0 radical (unpaired) electrons. The highest BCUT2D eigenvalue weighted by Gasteiger charge is 2.37. The van der Waals surface area contributed by atoms with Crippen molar-refractivity contribution in [3.8, 4) is 11.5 Å². The van der Waals surface area contributed by atoms with Gasteiger partial charge in [0.1, 0.15) is 34.5 Å². The van der Waals surface area contributed by atoms with Gasteiger partial charge in [0.2, 0.25) is 0 Å². The van der Waals surface area contributed by atoms with E-state index in [1.165, 1.54) is 0 Å². The van der Waals surface area contributed by atoms with Crippen molar-refractivity contribution in [3.05, 3.63) is 107 Å². The highest BCUT2D eigenvalue weighted by atomic mass is 16.5. The molecule has 0 aliphatic carbocycles. The van der Waals surface area contributed by atoms with Gasteiger partial charge in [-0.1, -0.05) is 31.2 Å². The minimum absolute atomic E-state index is 0.452. The van der Waals surface area contributed by atoms with Crippen LogP contribution in [-0.2, 0) is 18.7 Å². The molecular weight excluding hydrogens is 442 g/mol. The third-order valence-electron chi connectivity index (χ3n) is 6.13. The summed E-state index contributed by atoms with van der Waals surface area (Å²) in [6, 6.07) is 22.5. The van der Waals surface area contributed by atoms with Gasteiger partial charge in [0.05, 0.1) is 27.3 Å². The lowest BCUT2D eigenvalue weighted by Crippen LogP contribution is -2.28. The number of aryl methyl sites for hydroxylation is 1. The van der Waals surface area contributed by atoms with E-state index in [0.29, 0.717) is 41.5 Å². The highest BCUT2D eigenvalue weighted by molar-refractivity contribution is 5.46. The van der Waals surface area contributed by atoms with Gasteiger partial charge in [0, 0.05) is 0 Å². The van der Waals surface area contributed by atoms with E-state index < -0.39 is 5.60 Å². The van der Waals surface area contributed by atoms with E-state index in [1.807, 2.05) is 79.7 Å². The average Bonchev–Trinajstić information content (AvgIpc) is 3.52. The van der Waals surface area contributed by atoms with E-state index in [2.05, 4.69) is 11.8 Å². The lowest BCUT2D eigenvalue weighted by atomic mass is 9.84. The molecule has 0 unspecified atom stereocenters. The Balaban J connectivity index is 1.66. The third-order valence-corrected chi connectivity index (χ3v) is 6.13. The van der Waals surface area contributed by atoms with E-state index >= 15 is 0 Å². The third kappa shape index (κ3) is 5.45. The molecule has 2 aromatic carbocycles. The first-order valence-electron chi connectivity index (χ1n) is 11.8. The summed E-state index contributed by atoms with van der Waals surface area (Å²) in [6.45, 7) is 6.30. The number of rotatable bonds is 11. The first kappa shape index (κ1) is 24.6. The van der Waals surface area contributed by atoms with Crippen molar-refractivity contribution in [2.24, 2.45) is 0 Å². The second kappa shape index (κ2) is 10.8. The normalized spacial score (nSPS) is 11.7. The molecule has 0 saturated carbocycles. The van der Waals surface area contributed by atoms with Crippen LogP contribution in [0.4, 0.5) is 0 Å². The molecule has 2 aromatic heterocycles. The lowest BCUT2D eigenvalue weighted by molar-refractivity contribution is 0.0948. The van der Waals surface area contributed by atoms with Gasteiger partial charge < -0.3 is 23.4 Å². The fourth-order valence-electron chi connectivity index (χ4n) is 4.31. The molecule has 0 atom stereocenters. The largest absolute Gasteiger partial charge is 0.497 e. The van der Waals surface area contributed by atoms with Gasteiger partial charge in [-0.25, -0.2) is 0 Å². The Bertz CT molecular complexity index is 1160. The SMILES string of the molecule is CCCN(Cc1ccc(C)o1)Cc1ccc(C(O)(c2ccc(OC)cc2)c2ccc(OC)cc2)o1. The molecule has 4 aromatic rings. The second-order valence-electron chi connectivity index (χ2n) is 8.66. The lowest BCUT2D eigenvalue weighted by Gasteiger charge is -2.28. The number of nitrogens with zero attached hydrogens (tertiary/aromatic N) is 1. The summed E-state index contributed by atoms with van der Waals surface area (Å²) < 4.78 is 22.7. The number of benzene rings is 2. The number of ether oxygens (including phenoxy) is 2. The van der Waals surface area contributed by atoms with Crippen molar-refractivity contribution in [2.45, 2.75) is 39.0 Å². The smallest absolute Gasteiger partial charge is 0.173 e. The summed E-state index contributed by atoms with van der Waals surface area (Å²) in [5.74, 6) is 4.49. The number of hydrogen-bond donors (Lipinski definition) is 1. The predicted octanol–water partition coefficient (Wildman–Crippen LogP) is 5.89. The van der Waals surface area contributed by atoms with Gasteiger partial charge in [-0.05, 0) is 79.5 Å². The van der Waals surface area contributed by atoms with Crippen molar-refractivity contribution in [1.82, 2.24) is 4.90 Å². The quantitative estimate of drug-likeness (QED) is 0.292. The molecule has 1 N–H and O–H groups in total. The van der Waals surface area contributed by atoms with Gasteiger partial charge in [-0.15, -0.1) is 0 Å². The van der Waals surface area contributed by atoms with Crippen LogP contribution in [0.15, 0.2) is 81.6 Å². The molecule has 35 heavy (non-hydrogen) atoms. The van der Waals surface area contributed by atoms with E-state index in [4.69, 9.17) is 18.3 Å². The molecule has 4 rings (SSSR count). The molecular formula is C29H33NO5. The van der Waals surface area contributed by atoms with E-state index in [1.54, 1.807) is 14.2 Å². The molecule has 2 heterocycles. The van der Waals surface area contributed by atoms with Gasteiger partial charge in [0.15, 0.2) is 5.60 Å². The topological polar surface area (TPSA) is 68.2 Å². The van der Waals surface area contributed by atoms with Crippen LogP contribution >= 0.6 is 0 Å². The molecule has 6 heteroatoms. The highest BCUT2D eigenvalue weighted by Crippen LogP contribution is 2.39. The summed E-state index contributed by atoms with van der Waals surface area (Å²) >= 11 is 0. The van der Waals surface area contributed by atoms with Crippen molar-refractivity contribution in [2.75, 3.05) is 20.8 Å². The van der Waals surface area contributed by atoms with Crippen molar-refractivity contribution < 1.29 is 23.4 Å². The molecule has 0 bridgehead atoms. The molecule has 0 aliphatic rings. The summed E-state index contributed by atoms with van der Waals surface area (Å²) in [7, 11) is 3.24.